The minimum Gasteiger partial charge on any atom is -0.385 e. The van der Waals surface area contributed by atoms with Crippen molar-refractivity contribution in [2.24, 2.45) is 5.41 Å². The van der Waals surface area contributed by atoms with Crippen molar-refractivity contribution in [3.05, 3.63) is 66.4 Å². The van der Waals surface area contributed by atoms with Crippen LogP contribution in [0.5, 0.6) is 0 Å². The minimum atomic E-state index is -0.423. The van der Waals surface area contributed by atoms with E-state index in [1.807, 2.05) is 60.7 Å². The highest BCUT2D eigenvalue weighted by atomic mass is 32.2. The van der Waals surface area contributed by atoms with Crippen LogP contribution in [-0.2, 0) is 4.79 Å². The Morgan fingerprint density at radius 3 is 2.28 bits per heavy atom. The lowest BCUT2D eigenvalue weighted by Crippen LogP contribution is -2.39. The molecule has 0 spiro atoms. The Morgan fingerprint density at radius 1 is 1.03 bits per heavy atom. The molecule has 29 heavy (non-hydrogen) atoms. The molecule has 0 saturated heterocycles. The smallest absolute Gasteiger partial charge is 0.267 e. The summed E-state index contributed by atoms with van der Waals surface area (Å²) in [5, 5.41) is 15.6. The molecule has 0 atom stereocenters. The summed E-state index contributed by atoms with van der Waals surface area (Å²) in [6.45, 7) is 10.6. The molecular weight excluding hydrogens is 378 g/mol. The van der Waals surface area contributed by atoms with Crippen molar-refractivity contribution < 1.29 is 4.79 Å². The van der Waals surface area contributed by atoms with E-state index in [0.29, 0.717) is 5.69 Å². The molecule has 2 N–H and O–H groups in total. The molecule has 0 saturated carbocycles. The van der Waals surface area contributed by atoms with Gasteiger partial charge < -0.3 is 10.6 Å². The van der Waals surface area contributed by atoms with Gasteiger partial charge in [-0.1, -0.05) is 62.9 Å². The summed E-state index contributed by atoms with van der Waals surface area (Å²) in [5.74, 6) is -0.423. The largest absolute Gasteiger partial charge is 0.385 e. The monoisotopic (exact) mass is 407 g/mol. The van der Waals surface area contributed by atoms with Crippen molar-refractivity contribution in [2.45, 2.75) is 56.4 Å². The molecule has 5 heteroatoms. The van der Waals surface area contributed by atoms with Crippen molar-refractivity contribution in [1.29, 1.82) is 5.26 Å². The number of hydrogen-bond acceptors (Lipinski definition) is 4. The van der Waals surface area contributed by atoms with E-state index in [2.05, 4.69) is 45.3 Å². The first kappa shape index (κ1) is 22.6. The van der Waals surface area contributed by atoms with Gasteiger partial charge in [0, 0.05) is 21.5 Å². The zero-order valence-electron chi connectivity index (χ0n) is 17.7. The highest BCUT2D eigenvalue weighted by Crippen LogP contribution is 2.33. The maximum Gasteiger partial charge on any atom is 0.267 e. The third-order valence-corrected chi connectivity index (χ3v) is 5.13. The average molecular weight is 408 g/mol. The second kappa shape index (κ2) is 9.67. The first-order valence-corrected chi connectivity index (χ1v) is 10.4. The predicted molar refractivity (Wildman–Crippen MR) is 121 cm³/mol. The molecule has 0 aliphatic carbocycles. The molecule has 0 unspecified atom stereocenters. The van der Waals surface area contributed by atoms with Crippen molar-refractivity contribution in [3.8, 4) is 6.07 Å². The Labute approximate surface area is 178 Å². The van der Waals surface area contributed by atoms with Gasteiger partial charge in [-0.15, -0.1) is 0 Å². The van der Waals surface area contributed by atoms with Gasteiger partial charge in [0.25, 0.3) is 5.91 Å². The molecule has 0 fully saturated rings. The van der Waals surface area contributed by atoms with Crippen LogP contribution in [0.15, 0.2) is 76.2 Å². The number of rotatable bonds is 7. The molecular formula is C24H29N3OS. The summed E-state index contributed by atoms with van der Waals surface area (Å²) in [6.07, 6.45) is 2.42. The molecule has 0 aliphatic rings. The van der Waals surface area contributed by atoms with E-state index in [9.17, 15) is 10.1 Å². The second-order valence-electron chi connectivity index (χ2n) is 8.80. The standard InChI is InChI=1S/C24H29N3OS/c1-23(2,3)17-24(4,5)26-16-18(15-25)22(28)27-20-13-9-10-14-21(20)29-19-11-7-6-8-12-19/h6-14,16,26H,17H2,1-5H3,(H,27,28)/b18-16-. The van der Waals surface area contributed by atoms with E-state index in [0.717, 1.165) is 16.2 Å². The third-order valence-electron chi connectivity index (χ3n) is 4.05. The van der Waals surface area contributed by atoms with Crippen molar-refractivity contribution in [3.63, 3.8) is 0 Å². The van der Waals surface area contributed by atoms with Crippen LogP contribution in [0.25, 0.3) is 0 Å². The maximum absolute atomic E-state index is 12.7. The van der Waals surface area contributed by atoms with E-state index in [4.69, 9.17) is 0 Å². The first-order valence-electron chi connectivity index (χ1n) is 9.61. The first-order chi connectivity index (χ1) is 13.6. The van der Waals surface area contributed by atoms with Crippen molar-refractivity contribution in [2.75, 3.05) is 5.32 Å². The number of carbonyl (C=O) groups excluding carboxylic acids is 1. The SMILES string of the molecule is CC(C)(C)CC(C)(C)N/C=C(/C#N)C(=O)Nc1ccccc1Sc1ccccc1. The molecule has 152 valence electrons. The third kappa shape index (κ3) is 7.67. The summed E-state index contributed by atoms with van der Waals surface area (Å²) >= 11 is 1.57. The Bertz CT molecular complexity index is 906. The number of hydrogen-bond donors (Lipinski definition) is 2. The number of amides is 1. The Morgan fingerprint density at radius 2 is 1.66 bits per heavy atom. The molecule has 0 radical (unpaired) electrons. The minimum absolute atomic E-state index is 0.0477. The van der Waals surface area contributed by atoms with Gasteiger partial charge in [-0.2, -0.15) is 5.26 Å². The molecule has 0 aliphatic heterocycles. The zero-order chi connectivity index (χ0) is 21.5. The van der Waals surface area contributed by atoms with Crippen LogP contribution < -0.4 is 10.6 Å². The Hall–Kier alpha value is -2.71. The van der Waals surface area contributed by atoms with Crippen molar-refractivity contribution >= 4 is 23.4 Å². The van der Waals surface area contributed by atoms with Crippen LogP contribution in [-0.4, -0.2) is 11.4 Å². The highest BCUT2D eigenvalue weighted by molar-refractivity contribution is 7.99. The fourth-order valence-electron chi connectivity index (χ4n) is 3.26. The van der Waals surface area contributed by atoms with Crippen molar-refractivity contribution in [1.82, 2.24) is 5.32 Å². The van der Waals surface area contributed by atoms with E-state index in [1.54, 1.807) is 11.8 Å². The topological polar surface area (TPSA) is 64.9 Å². The Balaban J connectivity index is 2.13. The van der Waals surface area contributed by atoms with E-state index >= 15 is 0 Å². The van der Waals surface area contributed by atoms with Gasteiger partial charge in [-0.25, -0.2) is 0 Å². The molecule has 1 amide bonds. The highest BCUT2D eigenvalue weighted by Gasteiger charge is 2.24. The van der Waals surface area contributed by atoms with Gasteiger partial charge in [0.2, 0.25) is 0 Å². The summed E-state index contributed by atoms with van der Waals surface area (Å²) in [6, 6.07) is 19.6. The number of carbonyl (C=O) groups is 1. The van der Waals surface area contributed by atoms with Gasteiger partial charge in [0.1, 0.15) is 11.6 Å². The molecule has 2 aromatic carbocycles. The van der Waals surface area contributed by atoms with Gasteiger partial charge in [0.05, 0.1) is 5.69 Å². The zero-order valence-corrected chi connectivity index (χ0v) is 18.6. The van der Waals surface area contributed by atoms with Crippen LogP contribution >= 0.6 is 11.8 Å². The fourth-order valence-corrected chi connectivity index (χ4v) is 4.18. The molecule has 2 aromatic rings. The second-order valence-corrected chi connectivity index (χ2v) is 9.92. The molecule has 0 heterocycles. The van der Waals surface area contributed by atoms with Crippen LogP contribution in [0.4, 0.5) is 5.69 Å². The van der Waals surface area contributed by atoms with Gasteiger partial charge in [-0.3, -0.25) is 4.79 Å². The summed E-state index contributed by atoms with van der Waals surface area (Å²) in [7, 11) is 0. The number of nitrogens with one attached hydrogen (secondary N) is 2. The number of benzene rings is 2. The van der Waals surface area contributed by atoms with E-state index in [1.165, 1.54) is 6.20 Å². The lowest BCUT2D eigenvalue weighted by Gasteiger charge is -2.33. The van der Waals surface area contributed by atoms with Crippen LogP contribution in [0.3, 0.4) is 0 Å². The summed E-state index contributed by atoms with van der Waals surface area (Å²) in [5.41, 5.74) is 0.627. The number of para-hydroxylation sites is 1. The van der Waals surface area contributed by atoms with Crippen LogP contribution in [0, 0.1) is 16.7 Å². The van der Waals surface area contributed by atoms with E-state index in [-0.39, 0.29) is 16.5 Å². The fraction of sp³-hybridized carbons (Fsp3) is 0.333. The molecule has 0 bridgehead atoms. The van der Waals surface area contributed by atoms with E-state index < -0.39 is 5.91 Å². The molecule has 0 aromatic heterocycles. The predicted octanol–water partition coefficient (Wildman–Crippen LogP) is 5.99. The number of nitriles is 1. The number of anilines is 1. The van der Waals surface area contributed by atoms with Crippen LogP contribution in [0.2, 0.25) is 0 Å². The lowest BCUT2D eigenvalue weighted by atomic mass is 9.82. The van der Waals surface area contributed by atoms with Gasteiger partial charge in [0.15, 0.2) is 0 Å². The van der Waals surface area contributed by atoms with Crippen LogP contribution in [0.1, 0.15) is 41.0 Å². The van der Waals surface area contributed by atoms with Gasteiger partial charge >= 0.3 is 0 Å². The summed E-state index contributed by atoms with van der Waals surface area (Å²) in [4.78, 5) is 14.7. The van der Waals surface area contributed by atoms with Gasteiger partial charge in [-0.05, 0) is 49.9 Å². The average Bonchev–Trinajstić information content (AvgIpc) is 2.62. The normalized spacial score (nSPS) is 12.2. The maximum atomic E-state index is 12.7. The summed E-state index contributed by atoms with van der Waals surface area (Å²) < 4.78 is 0. The molecule has 2 rings (SSSR count). The quantitative estimate of drug-likeness (QED) is 0.437. The number of nitrogens with zero attached hydrogens (tertiary/aromatic N) is 1. The lowest BCUT2D eigenvalue weighted by molar-refractivity contribution is -0.112. The molecule has 4 nitrogen and oxygen atoms in total. The Kier molecular flexibility index (Phi) is 7.53.